The molecule has 2 bridgehead atoms. The summed E-state index contributed by atoms with van der Waals surface area (Å²) in [5.41, 5.74) is 1.02. The Morgan fingerprint density at radius 2 is 1.58 bits per heavy atom. The molecule has 3 heterocycles. The summed E-state index contributed by atoms with van der Waals surface area (Å²) in [6, 6.07) is 1.66. The van der Waals surface area contributed by atoms with Crippen molar-refractivity contribution >= 4 is 18.1 Å². The van der Waals surface area contributed by atoms with Crippen molar-refractivity contribution in [3.63, 3.8) is 0 Å². The van der Waals surface area contributed by atoms with Crippen molar-refractivity contribution in [1.29, 1.82) is 0 Å². The Morgan fingerprint density at radius 1 is 1.06 bits per heavy atom. The Balaban J connectivity index is 0.000000714. The van der Waals surface area contributed by atoms with E-state index >= 15 is 0 Å². The molecule has 186 valence electrons. The zero-order chi connectivity index (χ0) is 24.4. The van der Waals surface area contributed by atoms with E-state index in [0.29, 0.717) is 24.7 Å². The molecule has 1 amide bonds. The SMILES string of the molecule is CC.CC(C)N1CC2CCC(C1)N2c1ncc(CN(C)C(=O)C2CCCCC2)cn1.CC=O. The first-order valence-electron chi connectivity index (χ1n) is 12.9. The van der Waals surface area contributed by atoms with Crippen LogP contribution in [0, 0.1) is 5.92 Å². The molecule has 2 aliphatic heterocycles. The van der Waals surface area contributed by atoms with Gasteiger partial charge in [0.2, 0.25) is 11.9 Å². The van der Waals surface area contributed by atoms with Crippen molar-refractivity contribution in [3.05, 3.63) is 18.0 Å². The Bertz CT molecular complexity index is 704. The molecule has 0 N–H and O–H groups in total. The van der Waals surface area contributed by atoms with Gasteiger partial charge in [-0.1, -0.05) is 33.1 Å². The van der Waals surface area contributed by atoms with Gasteiger partial charge in [-0.05, 0) is 46.5 Å². The zero-order valence-electron chi connectivity index (χ0n) is 21.7. The van der Waals surface area contributed by atoms with Gasteiger partial charge in [0.15, 0.2) is 0 Å². The van der Waals surface area contributed by atoms with Crippen LogP contribution in [0.25, 0.3) is 0 Å². The minimum atomic E-state index is 0.215. The van der Waals surface area contributed by atoms with Gasteiger partial charge in [0.05, 0.1) is 0 Å². The lowest BCUT2D eigenvalue weighted by atomic mass is 9.88. The van der Waals surface area contributed by atoms with E-state index in [0.717, 1.165) is 43.7 Å². The van der Waals surface area contributed by atoms with Crippen molar-refractivity contribution in [2.24, 2.45) is 5.92 Å². The van der Waals surface area contributed by atoms with Gasteiger partial charge in [-0.3, -0.25) is 9.69 Å². The Labute approximate surface area is 200 Å². The number of piperazine rings is 1. The van der Waals surface area contributed by atoms with Crippen molar-refractivity contribution in [1.82, 2.24) is 19.8 Å². The van der Waals surface area contributed by atoms with E-state index in [1.54, 1.807) is 0 Å². The molecule has 1 aliphatic carbocycles. The van der Waals surface area contributed by atoms with Gasteiger partial charge in [0.1, 0.15) is 6.29 Å². The first-order valence-corrected chi connectivity index (χ1v) is 12.9. The Morgan fingerprint density at radius 3 is 2.06 bits per heavy atom. The van der Waals surface area contributed by atoms with E-state index in [1.165, 1.54) is 39.0 Å². The maximum atomic E-state index is 12.7. The van der Waals surface area contributed by atoms with Gasteiger partial charge < -0.3 is 14.6 Å². The summed E-state index contributed by atoms with van der Waals surface area (Å²) in [6.45, 7) is 12.8. The molecule has 2 saturated heterocycles. The van der Waals surface area contributed by atoms with Crippen molar-refractivity contribution in [2.75, 3.05) is 25.0 Å². The highest BCUT2D eigenvalue weighted by Crippen LogP contribution is 2.33. The molecule has 0 radical (unpaired) electrons. The van der Waals surface area contributed by atoms with E-state index in [9.17, 15) is 4.79 Å². The number of carbonyl (C=O) groups excluding carboxylic acids is 2. The van der Waals surface area contributed by atoms with E-state index in [2.05, 4.69) is 23.6 Å². The van der Waals surface area contributed by atoms with Gasteiger partial charge >= 0.3 is 0 Å². The molecule has 2 unspecified atom stereocenters. The van der Waals surface area contributed by atoms with Crippen LogP contribution in [0.4, 0.5) is 5.95 Å². The zero-order valence-corrected chi connectivity index (χ0v) is 21.7. The number of hydrogen-bond donors (Lipinski definition) is 0. The van der Waals surface area contributed by atoms with Gasteiger partial charge in [0.25, 0.3) is 0 Å². The fourth-order valence-corrected chi connectivity index (χ4v) is 5.26. The van der Waals surface area contributed by atoms with E-state index in [-0.39, 0.29) is 11.8 Å². The van der Waals surface area contributed by atoms with Crippen LogP contribution in [0.2, 0.25) is 0 Å². The molecule has 7 nitrogen and oxygen atoms in total. The van der Waals surface area contributed by atoms with E-state index in [1.807, 2.05) is 38.2 Å². The number of nitrogens with zero attached hydrogens (tertiary/aromatic N) is 5. The number of anilines is 1. The Hall–Kier alpha value is -2.02. The highest BCUT2D eigenvalue weighted by atomic mass is 16.2. The summed E-state index contributed by atoms with van der Waals surface area (Å²) in [7, 11) is 1.91. The van der Waals surface area contributed by atoms with Crippen LogP contribution in [0.15, 0.2) is 12.4 Å². The van der Waals surface area contributed by atoms with Crippen molar-refractivity contribution < 1.29 is 9.59 Å². The number of amides is 1. The molecule has 33 heavy (non-hydrogen) atoms. The summed E-state index contributed by atoms with van der Waals surface area (Å²) in [4.78, 5) is 37.8. The van der Waals surface area contributed by atoms with E-state index in [4.69, 9.17) is 14.8 Å². The number of aldehydes is 1. The van der Waals surface area contributed by atoms with Crippen LogP contribution < -0.4 is 4.90 Å². The highest BCUT2D eigenvalue weighted by Gasteiger charge is 2.41. The number of aromatic nitrogens is 2. The minimum absolute atomic E-state index is 0.215. The lowest BCUT2D eigenvalue weighted by molar-refractivity contribution is -0.135. The monoisotopic (exact) mass is 459 g/mol. The van der Waals surface area contributed by atoms with E-state index < -0.39 is 0 Å². The average molecular weight is 460 g/mol. The lowest BCUT2D eigenvalue weighted by Crippen LogP contribution is -2.56. The number of carbonyl (C=O) groups is 2. The fourth-order valence-electron chi connectivity index (χ4n) is 5.26. The summed E-state index contributed by atoms with van der Waals surface area (Å²) in [5, 5.41) is 0. The van der Waals surface area contributed by atoms with Gasteiger partial charge in [-0.15, -0.1) is 0 Å². The molecule has 7 heteroatoms. The summed E-state index contributed by atoms with van der Waals surface area (Å²) >= 11 is 0. The van der Waals surface area contributed by atoms with Crippen molar-refractivity contribution in [3.8, 4) is 0 Å². The average Bonchev–Trinajstić information content (AvgIpc) is 3.10. The molecule has 1 aromatic heterocycles. The Kier molecular flexibility index (Phi) is 11.2. The number of fused-ring (bicyclic) bond motifs is 2. The molecule has 3 fully saturated rings. The summed E-state index contributed by atoms with van der Waals surface area (Å²) in [6.07, 6.45) is 12.8. The third-order valence-corrected chi connectivity index (χ3v) is 6.91. The highest BCUT2D eigenvalue weighted by molar-refractivity contribution is 5.78. The molecular formula is C26H45N5O2. The second-order valence-electron chi connectivity index (χ2n) is 9.50. The van der Waals surface area contributed by atoms with Crippen LogP contribution in [0.1, 0.15) is 85.1 Å². The molecule has 4 rings (SSSR count). The topological polar surface area (TPSA) is 69.6 Å². The smallest absolute Gasteiger partial charge is 0.225 e. The van der Waals surface area contributed by atoms with Crippen LogP contribution >= 0.6 is 0 Å². The third-order valence-electron chi connectivity index (χ3n) is 6.91. The minimum Gasteiger partial charge on any atom is -0.341 e. The number of likely N-dealkylation sites (tertiary alicyclic amines) is 1. The molecule has 2 atom stereocenters. The maximum absolute atomic E-state index is 12.7. The predicted octanol–water partition coefficient (Wildman–Crippen LogP) is 4.31. The van der Waals surface area contributed by atoms with Crippen LogP contribution in [-0.4, -0.2) is 70.2 Å². The van der Waals surface area contributed by atoms with Gasteiger partial charge in [0, 0.05) is 68.7 Å². The fraction of sp³-hybridized carbons (Fsp3) is 0.769. The van der Waals surface area contributed by atoms with Gasteiger partial charge in [-0.25, -0.2) is 9.97 Å². The molecule has 1 aromatic rings. The van der Waals surface area contributed by atoms with Crippen molar-refractivity contribution in [2.45, 2.75) is 104 Å². The first-order chi connectivity index (χ1) is 15.9. The molecule has 3 aliphatic rings. The normalized spacial score (nSPS) is 22.7. The predicted molar refractivity (Wildman–Crippen MR) is 134 cm³/mol. The summed E-state index contributed by atoms with van der Waals surface area (Å²) in [5.74, 6) is 1.36. The number of rotatable bonds is 5. The standard InChI is InChI=1S/C22H35N5O.C2H4O.C2H6/c1-16(2)26-14-19-9-10-20(15-26)27(19)22-23-11-17(12-24-22)13-25(3)21(28)18-7-5-4-6-8-18;1-2-3;1-2/h11-12,16,18-20H,4-10,13-15H2,1-3H3;2H,1H3;1-2H3. The van der Waals surface area contributed by atoms with Crippen LogP contribution in [0.3, 0.4) is 0 Å². The summed E-state index contributed by atoms with van der Waals surface area (Å²) < 4.78 is 0. The first kappa shape index (κ1) is 27.2. The third kappa shape index (κ3) is 7.23. The molecule has 1 saturated carbocycles. The molecular weight excluding hydrogens is 414 g/mol. The molecule has 0 spiro atoms. The number of hydrogen-bond acceptors (Lipinski definition) is 6. The quantitative estimate of drug-likeness (QED) is 0.611. The maximum Gasteiger partial charge on any atom is 0.225 e. The largest absolute Gasteiger partial charge is 0.341 e. The van der Waals surface area contributed by atoms with Gasteiger partial charge in [-0.2, -0.15) is 0 Å². The molecule has 0 aromatic carbocycles. The lowest BCUT2D eigenvalue weighted by Gasteiger charge is -2.42. The second kappa shape index (κ2) is 13.6. The van der Waals surface area contributed by atoms with Crippen LogP contribution in [0.5, 0.6) is 0 Å². The second-order valence-corrected chi connectivity index (χ2v) is 9.50. The van der Waals surface area contributed by atoms with Crippen LogP contribution in [-0.2, 0) is 16.1 Å².